The summed E-state index contributed by atoms with van der Waals surface area (Å²) < 4.78 is 0.937. The van der Waals surface area contributed by atoms with E-state index in [2.05, 4.69) is 15.3 Å². The maximum atomic E-state index is 12.1. The van der Waals surface area contributed by atoms with Crippen molar-refractivity contribution in [1.82, 2.24) is 9.97 Å². The molecule has 21 heavy (non-hydrogen) atoms. The molecule has 0 aliphatic carbocycles. The SMILES string of the molecule is O=C(O)c1cccnc1C(=O)Nc1nc2ccccc2s1. The van der Waals surface area contributed by atoms with Gasteiger partial charge in [-0.05, 0) is 24.3 Å². The third-order valence-corrected chi connectivity index (χ3v) is 3.72. The number of amides is 1. The molecule has 104 valence electrons. The Bertz CT molecular complexity index is 811. The van der Waals surface area contributed by atoms with Gasteiger partial charge >= 0.3 is 5.97 Å². The van der Waals surface area contributed by atoms with Gasteiger partial charge in [-0.1, -0.05) is 23.5 Å². The van der Waals surface area contributed by atoms with Gasteiger partial charge in [0.2, 0.25) is 0 Å². The summed E-state index contributed by atoms with van der Waals surface area (Å²) >= 11 is 1.32. The third-order valence-electron chi connectivity index (χ3n) is 2.77. The number of nitrogens with one attached hydrogen (secondary N) is 1. The molecule has 0 aliphatic rings. The molecule has 0 saturated heterocycles. The standard InChI is InChI=1S/C14H9N3O3S/c18-12(11-8(13(19)20)4-3-7-15-11)17-14-16-9-5-1-2-6-10(9)21-14/h1-7H,(H,19,20)(H,16,17,18). The summed E-state index contributed by atoms with van der Waals surface area (Å²) in [6, 6.07) is 10.3. The molecule has 0 atom stereocenters. The highest BCUT2D eigenvalue weighted by Gasteiger charge is 2.18. The summed E-state index contributed by atoms with van der Waals surface area (Å²) in [5.41, 5.74) is 0.498. The number of hydrogen-bond acceptors (Lipinski definition) is 5. The van der Waals surface area contributed by atoms with Crippen LogP contribution in [0.2, 0.25) is 0 Å². The van der Waals surface area contributed by atoms with E-state index in [1.54, 1.807) is 0 Å². The minimum Gasteiger partial charge on any atom is -0.478 e. The van der Waals surface area contributed by atoms with Gasteiger partial charge in [-0.2, -0.15) is 0 Å². The van der Waals surface area contributed by atoms with E-state index in [0.717, 1.165) is 10.2 Å². The first-order valence-electron chi connectivity index (χ1n) is 6.00. The maximum Gasteiger partial charge on any atom is 0.338 e. The number of fused-ring (bicyclic) bond motifs is 1. The van der Waals surface area contributed by atoms with Crippen LogP contribution >= 0.6 is 11.3 Å². The lowest BCUT2D eigenvalue weighted by Crippen LogP contribution is -2.18. The van der Waals surface area contributed by atoms with Crippen LogP contribution in [0.5, 0.6) is 0 Å². The average Bonchev–Trinajstić information content (AvgIpc) is 2.89. The van der Waals surface area contributed by atoms with Crippen molar-refractivity contribution in [1.29, 1.82) is 0 Å². The Morgan fingerprint density at radius 2 is 1.95 bits per heavy atom. The largest absolute Gasteiger partial charge is 0.478 e. The van der Waals surface area contributed by atoms with Gasteiger partial charge in [0.25, 0.3) is 5.91 Å². The van der Waals surface area contributed by atoms with Crippen LogP contribution in [0.25, 0.3) is 10.2 Å². The third kappa shape index (κ3) is 2.59. The summed E-state index contributed by atoms with van der Waals surface area (Å²) in [5, 5.41) is 12.1. The molecule has 1 aromatic carbocycles. The van der Waals surface area contributed by atoms with E-state index in [-0.39, 0.29) is 11.3 Å². The molecule has 6 nitrogen and oxygen atoms in total. The van der Waals surface area contributed by atoms with Crippen molar-refractivity contribution in [2.24, 2.45) is 0 Å². The quantitative estimate of drug-likeness (QED) is 0.775. The Balaban J connectivity index is 1.91. The number of aromatic carboxylic acids is 1. The van der Waals surface area contributed by atoms with Crippen LogP contribution in [0.1, 0.15) is 20.8 Å². The molecule has 0 radical (unpaired) electrons. The van der Waals surface area contributed by atoms with E-state index in [1.165, 1.54) is 29.7 Å². The monoisotopic (exact) mass is 299 g/mol. The first-order chi connectivity index (χ1) is 10.1. The van der Waals surface area contributed by atoms with Crippen molar-refractivity contribution < 1.29 is 14.7 Å². The van der Waals surface area contributed by atoms with Crippen molar-refractivity contribution >= 4 is 38.6 Å². The second-order valence-electron chi connectivity index (χ2n) is 4.15. The zero-order chi connectivity index (χ0) is 14.8. The highest BCUT2D eigenvalue weighted by atomic mass is 32.1. The van der Waals surface area contributed by atoms with Gasteiger partial charge in [0, 0.05) is 6.20 Å². The molecule has 0 aliphatic heterocycles. The lowest BCUT2D eigenvalue weighted by molar-refractivity contribution is 0.0691. The van der Waals surface area contributed by atoms with Gasteiger partial charge in [0.15, 0.2) is 5.13 Å². The van der Waals surface area contributed by atoms with Crippen LogP contribution in [0.3, 0.4) is 0 Å². The molecule has 3 aromatic rings. The number of para-hydroxylation sites is 1. The molecular weight excluding hydrogens is 290 g/mol. The molecule has 0 fully saturated rings. The van der Waals surface area contributed by atoms with Crippen molar-refractivity contribution in [3.05, 3.63) is 53.9 Å². The lowest BCUT2D eigenvalue weighted by Gasteiger charge is -2.03. The number of carbonyl (C=O) groups excluding carboxylic acids is 1. The number of benzene rings is 1. The van der Waals surface area contributed by atoms with E-state index in [0.29, 0.717) is 5.13 Å². The number of carboxylic acids is 1. The van der Waals surface area contributed by atoms with E-state index in [9.17, 15) is 9.59 Å². The lowest BCUT2D eigenvalue weighted by atomic mass is 10.2. The van der Waals surface area contributed by atoms with E-state index < -0.39 is 11.9 Å². The Morgan fingerprint density at radius 1 is 1.14 bits per heavy atom. The Hall–Kier alpha value is -2.80. The molecule has 2 heterocycles. The van der Waals surface area contributed by atoms with Crippen LogP contribution in [-0.4, -0.2) is 27.0 Å². The second kappa shape index (κ2) is 5.29. The highest BCUT2D eigenvalue weighted by molar-refractivity contribution is 7.22. The number of nitrogens with zero attached hydrogens (tertiary/aromatic N) is 2. The van der Waals surface area contributed by atoms with Crippen molar-refractivity contribution in [3.63, 3.8) is 0 Å². The minimum absolute atomic E-state index is 0.135. The van der Waals surface area contributed by atoms with Gasteiger partial charge in [0.1, 0.15) is 5.69 Å². The molecule has 2 N–H and O–H groups in total. The normalized spacial score (nSPS) is 10.5. The smallest absolute Gasteiger partial charge is 0.338 e. The van der Waals surface area contributed by atoms with Gasteiger partial charge in [-0.25, -0.2) is 9.78 Å². The summed E-state index contributed by atoms with van der Waals surface area (Å²) in [5.74, 6) is -1.79. The molecule has 0 unspecified atom stereocenters. The fourth-order valence-corrected chi connectivity index (χ4v) is 2.70. The molecular formula is C14H9N3O3S. The zero-order valence-electron chi connectivity index (χ0n) is 10.6. The van der Waals surface area contributed by atoms with Crippen LogP contribution in [0, 0.1) is 0 Å². The Kier molecular flexibility index (Phi) is 3.33. The molecule has 0 spiro atoms. The summed E-state index contributed by atoms with van der Waals surface area (Å²) in [4.78, 5) is 31.3. The van der Waals surface area contributed by atoms with Gasteiger partial charge in [0.05, 0.1) is 15.8 Å². The fourth-order valence-electron chi connectivity index (χ4n) is 1.84. The van der Waals surface area contributed by atoms with Gasteiger partial charge in [-0.15, -0.1) is 0 Å². The first kappa shape index (κ1) is 13.2. The Labute approximate surface area is 123 Å². The van der Waals surface area contributed by atoms with Crippen molar-refractivity contribution in [2.45, 2.75) is 0 Å². The number of aromatic nitrogens is 2. The highest BCUT2D eigenvalue weighted by Crippen LogP contribution is 2.25. The van der Waals surface area contributed by atoms with E-state index >= 15 is 0 Å². The summed E-state index contributed by atoms with van der Waals surface area (Å²) in [7, 11) is 0. The van der Waals surface area contributed by atoms with Crippen LogP contribution in [-0.2, 0) is 0 Å². The predicted molar refractivity (Wildman–Crippen MR) is 78.8 cm³/mol. The second-order valence-corrected chi connectivity index (χ2v) is 5.18. The molecule has 0 bridgehead atoms. The van der Waals surface area contributed by atoms with Crippen LogP contribution in [0.4, 0.5) is 5.13 Å². The average molecular weight is 299 g/mol. The van der Waals surface area contributed by atoms with Crippen LogP contribution in [0.15, 0.2) is 42.6 Å². The topological polar surface area (TPSA) is 92.2 Å². The number of pyridine rings is 1. The Morgan fingerprint density at radius 3 is 2.71 bits per heavy atom. The molecule has 2 aromatic heterocycles. The van der Waals surface area contributed by atoms with Crippen LogP contribution < -0.4 is 5.32 Å². The van der Waals surface area contributed by atoms with Gasteiger partial charge < -0.3 is 5.11 Å². The maximum absolute atomic E-state index is 12.1. The molecule has 1 amide bonds. The van der Waals surface area contributed by atoms with Gasteiger partial charge in [-0.3, -0.25) is 15.1 Å². The first-order valence-corrected chi connectivity index (χ1v) is 6.82. The summed E-state index contributed by atoms with van der Waals surface area (Å²) in [6.07, 6.45) is 1.37. The predicted octanol–water partition coefficient (Wildman–Crippen LogP) is 2.64. The molecule has 0 saturated carbocycles. The minimum atomic E-state index is -1.20. The molecule has 3 rings (SSSR count). The molecule has 7 heteroatoms. The number of thiazole rings is 1. The van der Waals surface area contributed by atoms with E-state index in [1.807, 2.05) is 24.3 Å². The van der Waals surface area contributed by atoms with Crippen molar-refractivity contribution in [3.8, 4) is 0 Å². The zero-order valence-corrected chi connectivity index (χ0v) is 11.4. The van der Waals surface area contributed by atoms with Crippen molar-refractivity contribution in [2.75, 3.05) is 5.32 Å². The number of carboxylic acid groups (broad SMARTS) is 1. The number of anilines is 1. The number of carbonyl (C=O) groups is 2. The number of hydrogen-bond donors (Lipinski definition) is 2. The van der Waals surface area contributed by atoms with E-state index in [4.69, 9.17) is 5.11 Å². The fraction of sp³-hybridized carbons (Fsp3) is 0. The summed E-state index contributed by atoms with van der Waals surface area (Å²) in [6.45, 7) is 0. The number of rotatable bonds is 3.